The standard InChI is InChI=1S/C15H11BrN4OS2/c1-22-15-18-14(21)12-10-6-9(16)2-3-11(10)17-13(20(12)19-15)8-4-5-23-7-8/h2-7,13H,1H3,(H,18,19,21). The van der Waals surface area contributed by atoms with E-state index in [1.165, 1.54) is 11.8 Å². The molecule has 0 saturated carbocycles. The molecule has 8 heteroatoms. The molecule has 2 aliphatic rings. The van der Waals surface area contributed by atoms with Crippen LogP contribution in [0.3, 0.4) is 0 Å². The van der Waals surface area contributed by atoms with Crippen LogP contribution in [0.25, 0.3) is 5.70 Å². The summed E-state index contributed by atoms with van der Waals surface area (Å²) < 4.78 is 0.903. The molecule has 1 N–H and O–H groups in total. The highest BCUT2D eigenvalue weighted by molar-refractivity contribution is 9.10. The van der Waals surface area contributed by atoms with Crippen molar-refractivity contribution in [3.63, 3.8) is 0 Å². The smallest absolute Gasteiger partial charge is 0.276 e. The van der Waals surface area contributed by atoms with Gasteiger partial charge in [-0.25, -0.2) is 5.01 Å². The van der Waals surface area contributed by atoms with E-state index in [2.05, 4.69) is 26.3 Å². The van der Waals surface area contributed by atoms with Gasteiger partial charge in [0.2, 0.25) is 0 Å². The highest BCUT2D eigenvalue weighted by atomic mass is 79.9. The molecule has 2 aromatic rings. The van der Waals surface area contributed by atoms with Gasteiger partial charge in [0.1, 0.15) is 5.70 Å². The van der Waals surface area contributed by atoms with Crippen molar-refractivity contribution >= 4 is 55.8 Å². The van der Waals surface area contributed by atoms with E-state index in [0.29, 0.717) is 10.9 Å². The average molecular weight is 407 g/mol. The lowest BCUT2D eigenvalue weighted by molar-refractivity contribution is -0.116. The van der Waals surface area contributed by atoms with E-state index < -0.39 is 0 Å². The SMILES string of the molecule is CSC1=NN2C(=c3cc(Br)ccc3=NC2c2ccsc2)C(=O)N1. The Hall–Kier alpha value is -1.64. The molecular formula is C15H11BrN4OS2. The van der Waals surface area contributed by atoms with Crippen molar-refractivity contribution in [2.24, 2.45) is 10.1 Å². The summed E-state index contributed by atoms with van der Waals surface area (Å²) in [6, 6.07) is 7.77. The Morgan fingerprint density at radius 3 is 3.00 bits per heavy atom. The maximum Gasteiger partial charge on any atom is 0.276 e. The third-order valence-electron chi connectivity index (χ3n) is 3.60. The number of nitrogens with zero attached hydrogens (tertiary/aromatic N) is 3. The molecule has 5 nitrogen and oxygen atoms in total. The van der Waals surface area contributed by atoms with Gasteiger partial charge in [0, 0.05) is 15.3 Å². The number of carbonyl (C=O) groups is 1. The number of rotatable bonds is 1. The summed E-state index contributed by atoms with van der Waals surface area (Å²) in [5.74, 6) is -0.154. The number of thioether (sulfide) groups is 1. The van der Waals surface area contributed by atoms with Crippen LogP contribution in [0.15, 0.2) is 49.6 Å². The van der Waals surface area contributed by atoms with E-state index in [1.807, 2.05) is 41.3 Å². The molecule has 0 spiro atoms. The lowest BCUT2D eigenvalue weighted by Gasteiger charge is -2.33. The zero-order valence-corrected chi connectivity index (χ0v) is 15.2. The molecule has 0 fully saturated rings. The normalized spacial score (nSPS) is 19.5. The minimum absolute atomic E-state index is 0.154. The summed E-state index contributed by atoms with van der Waals surface area (Å²) in [6.07, 6.45) is 1.56. The number of amidine groups is 1. The molecule has 0 bridgehead atoms. The van der Waals surface area contributed by atoms with Crippen LogP contribution in [0.4, 0.5) is 0 Å². The predicted octanol–water partition coefficient (Wildman–Crippen LogP) is 2.02. The second kappa shape index (κ2) is 5.77. The summed E-state index contributed by atoms with van der Waals surface area (Å²) in [5.41, 5.74) is 1.56. The predicted molar refractivity (Wildman–Crippen MR) is 96.3 cm³/mol. The molecule has 1 atom stereocenters. The van der Waals surface area contributed by atoms with E-state index in [-0.39, 0.29) is 12.1 Å². The molecule has 116 valence electrons. The number of carbonyl (C=O) groups excluding carboxylic acids is 1. The van der Waals surface area contributed by atoms with E-state index >= 15 is 0 Å². The third-order valence-corrected chi connectivity index (χ3v) is 5.37. The van der Waals surface area contributed by atoms with Gasteiger partial charge in [0.15, 0.2) is 11.3 Å². The topological polar surface area (TPSA) is 57.1 Å². The van der Waals surface area contributed by atoms with Crippen LogP contribution in [-0.4, -0.2) is 22.3 Å². The van der Waals surface area contributed by atoms with E-state index in [1.54, 1.807) is 16.3 Å². The Morgan fingerprint density at radius 2 is 2.26 bits per heavy atom. The highest BCUT2D eigenvalue weighted by Crippen LogP contribution is 2.31. The van der Waals surface area contributed by atoms with Gasteiger partial charge in [-0.1, -0.05) is 27.7 Å². The number of halogens is 1. The summed E-state index contributed by atoms with van der Waals surface area (Å²) in [5, 5.41) is 15.3. The largest absolute Gasteiger partial charge is 0.298 e. The van der Waals surface area contributed by atoms with Crippen LogP contribution in [0.2, 0.25) is 0 Å². The van der Waals surface area contributed by atoms with Crippen LogP contribution in [0.1, 0.15) is 11.7 Å². The molecule has 2 aliphatic heterocycles. The van der Waals surface area contributed by atoms with Gasteiger partial charge in [-0.05, 0) is 41.3 Å². The van der Waals surface area contributed by atoms with Crippen LogP contribution >= 0.6 is 39.0 Å². The van der Waals surface area contributed by atoms with Gasteiger partial charge >= 0.3 is 0 Å². The first-order chi connectivity index (χ1) is 11.2. The summed E-state index contributed by atoms with van der Waals surface area (Å²) in [6.45, 7) is 0. The van der Waals surface area contributed by atoms with Crippen LogP contribution in [0.5, 0.6) is 0 Å². The Balaban J connectivity index is 2.03. The Labute approximate surface area is 148 Å². The molecule has 0 radical (unpaired) electrons. The van der Waals surface area contributed by atoms with E-state index in [9.17, 15) is 4.79 Å². The van der Waals surface area contributed by atoms with Crippen molar-refractivity contribution < 1.29 is 4.79 Å². The fourth-order valence-electron chi connectivity index (χ4n) is 2.58. The zero-order valence-electron chi connectivity index (χ0n) is 12.0. The third kappa shape index (κ3) is 2.50. The second-order valence-electron chi connectivity index (χ2n) is 4.98. The van der Waals surface area contributed by atoms with Gasteiger partial charge in [0.25, 0.3) is 5.91 Å². The lowest BCUT2D eigenvalue weighted by Crippen LogP contribution is -2.50. The van der Waals surface area contributed by atoms with Crippen molar-refractivity contribution in [1.29, 1.82) is 0 Å². The monoisotopic (exact) mass is 406 g/mol. The second-order valence-corrected chi connectivity index (χ2v) is 7.47. The molecule has 1 aromatic carbocycles. The molecule has 1 aromatic heterocycles. The van der Waals surface area contributed by atoms with Crippen LogP contribution < -0.4 is 15.9 Å². The van der Waals surface area contributed by atoms with Crippen molar-refractivity contribution in [3.05, 3.63) is 55.6 Å². The highest BCUT2D eigenvalue weighted by Gasteiger charge is 2.34. The van der Waals surface area contributed by atoms with Gasteiger partial charge in [0.05, 0.1) is 5.36 Å². The minimum Gasteiger partial charge on any atom is -0.298 e. The fraction of sp³-hybridized carbons (Fsp3) is 0.133. The van der Waals surface area contributed by atoms with Gasteiger partial charge in [-0.3, -0.25) is 15.1 Å². The van der Waals surface area contributed by atoms with Crippen LogP contribution in [-0.2, 0) is 4.79 Å². The van der Waals surface area contributed by atoms with Crippen molar-refractivity contribution in [1.82, 2.24) is 10.3 Å². The first-order valence-electron chi connectivity index (χ1n) is 6.80. The maximum atomic E-state index is 12.6. The number of thiophene rings is 1. The number of hydrazone groups is 1. The van der Waals surface area contributed by atoms with Gasteiger partial charge < -0.3 is 0 Å². The number of hydrogen-bond acceptors (Lipinski definition) is 6. The number of hydrogen-bond donors (Lipinski definition) is 1. The molecule has 1 amide bonds. The summed E-state index contributed by atoms with van der Waals surface area (Å²) in [7, 11) is 0. The Bertz CT molecular complexity index is 939. The number of benzene rings is 1. The molecule has 0 aliphatic carbocycles. The van der Waals surface area contributed by atoms with Gasteiger partial charge in [-0.2, -0.15) is 11.3 Å². The lowest BCUT2D eigenvalue weighted by atomic mass is 10.1. The zero-order chi connectivity index (χ0) is 16.0. The minimum atomic E-state index is -0.321. The summed E-state index contributed by atoms with van der Waals surface area (Å²) in [4.78, 5) is 17.5. The van der Waals surface area contributed by atoms with Crippen LogP contribution in [0, 0.1) is 0 Å². The maximum absolute atomic E-state index is 12.6. The molecule has 23 heavy (non-hydrogen) atoms. The fourth-order valence-corrected chi connectivity index (χ4v) is 3.98. The van der Waals surface area contributed by atoms with Crippen molar-refractivity contribution in [2.75, 3.05) is 6.26 Å². The van der Waals surface area contributed by atoms with Gasteiger partial charge in [-0.15, -0.1) is 5.10 Å². The number of amides is 1. The van der Waals surface area contributed by atoms with E-state index in [0.717, 1.165) is 20.6 Å². The molecule has 4 rings (SSSR count). The molecular weight excluding hydrogens is 396 g/mol. The molecule has 0 saturated heterocycles. The first kappa shape index (κ1) is 14.9. The van der Waals surface area contributed by atoms with E-state index in [4.69, 9.17) is 4.99 Å². The molecule has 3 heterocycles. The van der Waals surface area contributed by atoms with Crippen molar-refractivity contribution in [3.8, 4) is 0 Å². The van der Waals surface area contributed by atoms with Crippen molar-refractivity contribution in [2.45, 2.75) is 6.17 Å². The number of fused-ring (bicyclic) bond motifs is 2. The number of nitrogens with one attached hydrogen (secondary N) is 1. The molecule has 1 unspecified atom stereocenters. The average Bonchev–Trinajstić information content (AvgIpc) is 3.07. The Morgan fingerprint density at radius 1 is 1.39 bits per heavy atom. The first-order valence-corrected chi connectivity index (χ1v) is 9.76. The summed E-state index contributed by atoms with van der Waals surface area (Å²) >= 11 is 6.47. The quantitative estimate of drug-likeness (QED) is 0.787. The Kier molecular flexibility index (Phi) is 3.74.